The van der Waals surface area contributed by atoms with Crippen LogP contribution in [0, 0.1) is 5.92 Å². The molecule has 0 bridgehead atoms. The van der Waals surface area contributed by atoms with Gasteiger partial charge in [-0.05, 0) is 30.7 Å². The van der Waals surface area contributed by atoms with E-state index in [1.54, 1.807) is 0 Å². The predicted octanol–water partition coefficient (Wildman–Crippen LogP) is 0.669. The van der Waals surface area contributed by atoms with E-state index in [0.717, 1.165) is 43.5 Å². The van der Waals surface area contributed by atoms with Crippen molar-refractivity contribution >= 4 is 11.6 Å². The van der Waals surface area contributed by atoms with Gasteiger partial charge in [0.1, 0.15) is 5.75 Å². The highest BCUT2D eigenvalue weighted by atomic mass is 16.5. The molecular weight excluding hydrogens is 242 g/mol. The third-order valence-corrected chi connectivity index (χ3v) is 3.57. The maximum Gasteiger partial charge on any atom is 0.262 e. The van der Waals surface area contributed by atoms with Crippen LogP contribution in [-0.4, -0.2) is 44.1 Å². The molecule has 102 valence electrons. The highest BCUT2D eigenvalue weighted by Gasteiger charge is 2.19. The Kier molecular flexibility index (Phi) is 3.40. The predicted molar refractivity (Wildman–Crippen MR) is 73.3 cm³/mol. The van der Waals surface area contributed by atoms with Gasteiger partial charge in [-0.25, -0.2) is 0 Å². The summed E-state index contributed by atoms with van der Waals surface area (Å²) < 4.78 is 5.35. The Hall–Kier alpha value is -1.59. The van der Waals surface area contributed by atoms with Crippen LogP contribution in [0.15, 0.2) is 18.2 Å². The Balaban J connectivity index is 1.64. The molecule has 0 saturated carbocycles. The van der Waals surface area contributed by atoms with Crippen LogP contribution >= 0.6 is 0 Å². The molecular formula is C14H19N3O2. The first-order valence-corrected chi connectivity index (χ1v) is 6.65. The largest absolute Gasteiger partial charge is 0.482 e. The summed E-state index contributed by atoms with van der Waals surface area (Å²) in [5.41, 5.74) is 1.98. The maximum atomic E-state index is 11.3. The molecule has 1 fully saturated rings. The van der Waals surface area contributed by atoms with Crippen molar-refractivity contribution < 1.29 is 9.53 Å². The zero-order valence-corrected chi connectivity index (χ0v) is 11.1. The van der Waals surface area contributed by atoms with Gasteiger partial charge in [-0.15, -0.1) is 0 Å². The van der Waals surface area contributed by atoms with Crippen LogP contribution in [0.5, 0.6) is 5.75 Å². The first kappa shape index (κ1) is 12.4. The normalized spacial score (nSPS) is 18.5. The molecule has 1 saturated heterocycles. The number of hydrogen-bond acceptors (Lipinski definition) is 4. The summed E-state index contributed by atoms with van der Waals surface area (Å²) in [6, 6.07) is 6.00. The summed E-state index contributed by atoms with van der Waals surface area (Å²) in [7, 11) is 2.13. The lowest BCUT2D eigenvalue weighted by Crippen LogP contribution is -2.47. The number of nitrogens with one attached hydrogen (secondary N) is 2. The highest BCUT2D eigenvalue weighted by Crippen LogP contribution is 2.28. The molecule has 19 heavy (non-hydrogen) atoms. The third kappa shape index (κ3) is 2.88. The number of rotatable bonds is 4. The van der Waals surface area contributed by atoms with E-state index in [9.17, 15) is 4.79 Å². The molecule has 0 spiro atoms. The number of hydrogen-bond donors (Lipinski definition) is 2. The summed E-state index contributed by atoms with van der Waals surface area (Å²) in [5.74, 6) is 1.44. The van der Waals surface area contributed by atoms with Crippen LogP contribution in [0.2, 0.25) is 0 Å². The molecule has 1 amide bonds. The van der Waals surface area contributed by atoms with Crippen molar-refractivity contribution in [2.45, 2.75) is 6.54 Å². The molecule has 3 rings (SSSR count). The highest BCUT2D eigenvalue weighted by molar-refractivity contribution is 5.95. The lowest BCUT2D eigenvalue weighted by atomic mass is 10.0. The van der Waals surface area contributed by atoms with Gasteiger partial charge in [-0.1, -0.05) is 6.07 Å². The van der Waals surface area contributed by atoms with Crippen LogP contribution in [0.4, 0.5) is 5.69 Å². The first-order chi connectivity index (χ1) is 9.20. The lowest BCUT2D eigenvalue weighted by Gasteiger charge is -2.31. The van der Waals surface area contributed by atoms with Gasteiger partial charge in [0.25, 0.3) is 5.91 Å². The van der Waals surface area contributed by atoms with E-state index in [1.807, 2.05) is 12.1 Å². The Bertz CT molecular complexity index is 486. The molecule has 2 aliphatic rings. The second kappa shape index (κ2) is 5.19. The summed E-state index contributed by atoms with van der Waals surface area (Å²) in [4.78, 5) is 13.6. The van der Waals surface area contributed by atoms with Gasteiger partial charge >= 0.3 is 0 Å². The fourth-order valence-corrected chi connectivity index (χ4v) is 2.52. The molecule has 5 heteroatoms. The van der Waals surface area contributed by atoms with E-state index in [4.69, 9.17) is 4.74 Å². The second-order valence-electron chi connectivity index (χ2n) is 5.39. The molecule has 2 N–H and O–H groups in total. The van der Waals surface area contributed by atoms with Gasteiger partial charge in [0, 0.05) is 26.2 Å². The number of nitrogens with zero attached hydrogens (tertiary/aromatic N) is 1. The molecule has 1 aromatic carbocycles. The standard InChI is InChI=1S/C14H19N3O2/c1-17(8-11-5-15-6-11)7-10-2-3-13-12(4-10)16-14(18)9-19-13/h2-4,11,15H,5-9H2,1H3,(H,16,18). The minimum atomic E-state index is -0.0847. The summed E-state index contributed by atoms with van der Waals surface area (Å²) in [6.07, 6.45) is 0. The summed E-state index contributed by atoms with van der Waals surface area (Å²) >= 11 is 0. The number of benzene rings is 1. The van der Waals surface area contributed by atoms with Gasteiger partial charge in [0.05, 0.1) is 5.69 Å². The van der Waals surface area contributed by atoms with Crippen molar-refractivity contribution in [2.75, 3.05) is 38.6 Å². The van der Waals surface area contributed by atoms with Gasteiger partial charge in [0.15, 0.2) is 6.61 Å². The fraction of sp³-hybridized carbons (Fsp3) is 0.500. The average molecular weight is 261 g/mol. The molecule has 0 atom stereocenters. The van der Waals surface area contributed by atoms with E-state index in [2.05, 4.69) is 28.6 Å². The van der Waals surface area contributed by atoms with Gasteiger partial charge in [0.2, 0.25) is 0 Å². The minimum Gasteiger partial charge on any atom is -0.482 e. The monoisotopic (exact) mass is 261 g/mol. The number of ether oxygens (including phenoxy) is 1. The third-order valence-electron chi connectivity index (χ3n) is 3.57. The Morgan fingerprint density at radius 3 is 3.00 bits per heavy atom. The topological polar surface area (TPSA) is 53.6 Å². The van der Waals surface area contributed by atoms with E-state index >= 15 is 0 Å². The number of anilines is 1. The van der Waals surface area contributed by atoms with Crippen LogP contribution in [-0.2, 0) is 11.3 Å². The molecule has 1 aromatic rings. The smallest absolute Gasteiger partial charge is 0.262 e. The van der Waals surface area contributed by atoms with Gasteiger partial charge < -0.3 is 20.3 Å². The Morgan fingerprint density at radius 2 is 2.26 bits per heavy atom. The van der Waals surface area contributed by atoms with Gasteiger partial charge in [-0.3, -0.25) is 4.79 Å². The fourth-order valence-electron chi connectivity index (χ4n) is 2.52. The van der Waals surface area contributed by atoms with Crippen molar-refractivity contribution in [3.05, 3.63) is 23.8 Å². The SMILES string of the molecule is CN(Cc1ccc2c(c1)NC(=O)CO2)CC1CNC1. The van der Waals surface area contributed by atoms with Crippen molar-refractivity contribution in [3.63, 3.8) is 0 Å². The van der Waals surface area contributed by atoms with Crippen molar-refractivity contribution in [1.29, 1.82) is 0 Å². The molecule has 0 aromatic heterocycles. The zero-order chi connectivity index (χ0) is 13.2. The van der Waals surface area contributed by atoms with E-state index in [-0.39, 0.29) is 12.5 Å². The molecule has 2 aliphatic heterocycles. The maximum absolute atomic E-state index is 11.3. The quantitative estimate of drug-likeness (QED) is 0.836. The second-order valence-corrected chi connectivity index (χ2v) is 5.39. The van der Waals surface area contributed by atoms with E-state index in [0.29, 0.717) is 0 Å². The van der Waals surface area contributed by atoms with E-state index < -0.39 is 0 Å². The molecule has 0 aliphatic carbocycles. The number of carbonyl (C=O) groups is 1. The van der Waals surface area contributed by atoms with Crippen molar-refractivity contribution in [2.24, 2.45) is 5.92 Å². The summed E-state index contributed by atoms with van der Waals surface area (Å²) in [6.45, 7) is 4.35. The molecule has 0 radical (unpaired) electrons. The molecule has 2 heterocycles. The average Bonchev–Trinajstić information content (AvgIpc) is 2.33. The lowest BCUT2D eigenvalue weighted by molar-refractivity contribution is -0.118. The van der Waals surface area contributed by atoms with Crippen LogP contribution in [0.3, 0.4) is 0 Å². The van der Waals surface area contributed by atoms with Crippen molar-refractivity contribution in [3.8, 4) is 5.75 Å². The van der Waals surface area contributed by atoms with Crippen LogP contribution < -0.4 is 15.4 Å². The summed E-state index contributed by atoms with van der Waals surface area (Å²) in [5, 5.41) is 6.13. The molecule has 5 nitrogen and oxygen atoms in total. The zero-order valence-electron chi connectivity index (χ0n) is 11.1. The van der Waals surface area contributed by atoms with Crippen molar-refractivity contribution in [1.82, 2.24) is 10.2 Å². The first-order valence-electron chi connectivity index (χ1n) is 6.65. The Morgan fingerprint density at radius 1 is 1.42 bits per heavy atom. The number of fused-ring (bicyclic) bond motifs is 1. The van der Waals surface area contributed by atoms with Crippen LogP contribution in [0.1, 0.15) is 5.56 Å². The number of amides is 1. The van der Waals surface area contributed by atoms with Crippen LogP contribution in [0.25, 0.3) is 0 Å². The number of carbonyl (C=O) groups excluding carboxylic acids is 1. The van der Waals surface area contributed by atoms with E-state index in [1.165, 1.54) is 5.56 Å². The molecule has 0 unspecified atom stereocenters. The Labute approximate surface area is 112 Å². The van der Waals surface area contributed by atoms with Gasteiger partial charge in [-0.2, -0.15) is 0 Å². The minimum absolute atomic E-state index is 0.0847.